The summed E-state index contributed by atoms with van der Waals surface area (Å²) in [5.41, 5.74) is 9.66. The number of cyclic esters (lactones) is 1. The molecule has 4 aromatic rings. The maximum absolute atomic E-state index is 14.0. The molecule has 1 aliphatic carbocycles. The van der Waals surface area contributed by atoms with Crippen LogP contribution in [0.15, 0.2) is 60.4 Å². The molecule has 1 aliphatic heterocycles. The predicted molar refractivity (Wildman–Crippen MR) is 150 cm³/mol. The molecule has 0 spiro atoms. The van der Waals surface area contributed by atoms with Crippen LogP contribution >= 0.6 is 0 Å². The first kappa shape index (κ1) is 27.8. The number of aryl methyl sites for hydroxylation is 1. The largest absolute Gasteiger partial charge is 0.485 e. The minimum absolute atomic E-state index is 0.0275. The van der Waals surface area contributed by atoms with Gasteiger partial charge < -0.3 is 19.9 Å². The Hall–Kier alpha value is -5.33. The van der Waals surface area contributed by atoms with Crippen molar-refractivity contribution in [2.24, 2.45) is 0 Å². The fourth-order valence-electron chi connectivity index (χ4n) is 4.93. The molecule has 43 heavy (non-hydrogen) atoms. The van der Waals surface area contributed by atoms with Crippen LogP contribution in [0.1, 0.15) is 27.0 Å². The fraction of sp³-hybridized carbons (Fsp3) is 0.200. The van der Waals surface area contributed by atoms with Gasteiger partial charge >= 0.3 is 6.09 Å². The third-order valence-electron chi connectivity index (χ3n) is 7.03. The lowest BCUT2D eigenvalue weighted by atomic mass is 10.0. The fourth-order valence-corrected chi connectivity index (χ4v) is 4.93. The zero-order valence-corrected chi connectivity index (χ0v) is 22.7. The van der Waals surface area contributed by atoms with Crippen molar-refractivity contribution in [3.05, 3.63) is 88.5 Å². The van der Waals surface area contributed by atoms with Crippen LogP contribution in [0.5, 0.6) is 17.4 Å². The summed E-state index contributed by atoms with van der Waals surface area (Å²) < 4.78 is 57.1. The molecule has 1 fully saturated rings. The summed E-state index contributed by atoms with van der Waals surface area (Å²) >= 11 is 0. The van der Waals surface area contributed by atoms with Crippen molar-refractivity contribution in [3.63, 3.8) is 0 Å². The summed E-state index contributed by atoms with van der Waals surface area (Å²) in [6.07, 6.45) is 1.34. The maximum Gasteiger partial charge on any atom is 0.414 e. The molecule has 13 heteroatoms. The second kappa shape index (κ2) is 11.2. The molecule has 2 aromatic carbocycles. The molecule has 1 saturated heterocycles. The lowest BCUT2D eigenvalue weighted by molar-refractivity contribution is 0.0821. The van der Waals surface area contributed by atoms with Crippen molar-refractivity contribution in [2.75, 3.05) is 30.4 Å². The lowest BCUT2D eigenvalue weighted by Gasteiger charge is -2.19. The van der Waals surface area contributed by atoms with Crippen LogP contribution in [0.2, 0.25) is 0 Å². The van der Waals surface area contributed by atoms with Gasteiger partial charge in [0.05, 0.1) is 35.9 Å². The number of nitrogen functional groups attached to an aromatic ring is 1. The van der Waals surface area contributed by atoms with Gasteiger partial charge in [0.25, 0.3) is 6.43 Å². The van der Waals surface area contributed by atoms with Crippen LogP contribution in [0.25, 0.3) is 11.8 Å². The number of Topliss-reactive ketones (excluding diaryl/α,β-unsaturated/α-hetero) is 1. The van der Waals surface area contributed by atoms with Gasteiger partial charge in [-0.2, -0.15) is 5.10 Å². The van der Waals surface area contributed by atoms with Crippen molar-refractivity contribution in [1.82, 2.24) is 14.8 Å². The van der Waals surface area contributed by atoms with Gasteiger partial charge in [-0.15, -0.1) is 0 Å². The summed E-state index contributed by atoms with van der Waals surface area (Å²) in [4.78, 5) is 31.3. The Balaban J connectivity index is 1.24. The number of rotatable bonds is 9. The number of benzene rings is 2. The van der Waals surface area contributed by atoms with Gasteiger partial charge in [-0.3, -0.25) is 9.69 Å². The molecule has 0 radical (unpaired) electrons. The van der Waals surface area contributed by atoms with E-state index in [2.05, 4.69) is 10.1 Å². The van der Waals surface area contributed by atoms with Crippen molar-refractivity contribution in [1.29, 1.82) is 0 Å². The molecule has 2 aliphatic rings. The number of aromatic nitrogens is 3. The molecular formula is C30H24F3N5O5. The minimum Gasteiger partial charge on any atom is -0.485 e. The zero-order chi connectivity index (χ0) is 30.2. The third kappa shape index (κ3) is 5.36. The number of hydrogen-bond acceptors (Lipinski definition) is 8. The molecule has 0 atom stereocenters. The van der Waals surface area contributed by atoms with Gasteiger partial charge in [-0.1, -0.05) is 12.1 Å². The van der Waals surface area contributed by atoms with E-state index in [1.165, 1.54) is 40.2 Å². The molecule has 10 nitrogen and oxygen atoms in total. The number of para-hydroxylation sites is 1. The van der Waals surface area contributed by atoms with Crippen molar-refractivity contribution < 1.29 is 37.0 Å². The van der Waals surface area contributed by atoms with E-state index >= 15 is 0 Å². The topological polar surface area (TPSA) is 122 Å². The highest BCUT2D eigenvalue weighted by atomic mass is 19.3. The number of alkyl halides is 2. The molecular weight excluding hydrogens is 567 g/mol. The van der Waals surface area contributed by atoms with Crippen LogP contribution in [-0.2, 0) is 11.2 Å². The number of nitrogens with two attached hydrogens (primary N) is 1. The number of allylic oxidation sites excluding steroid dienone is 1. The molecule has 0 unspecified atom stereocenters. The minimum atomic E-state index is -2.71. The highest BCUT2D eigenvalue weighted by Gasteiger charge is 2.30. The van der Waals surface area contributed by atoms with Crippen molar-refractivity contribution >= 4 is 29.5 Å². The summed E-state index contributed by atoms with van der Waals surface area (Å²) in [5.74, 6) is -0.542. The first-order valence-corrected chi connectivity index (χ1v) is 13.2. The first-order chi connectivity index (χ1) is 20.7. The highest BCUT2D eigenvalue weighted by Crippen LogP contribution is 2.39. The molecule has 2 N–H and O–H groups in total. The molecule has 6 rings (SSSR count). The van der Waals surface area contributed by atoms with Gasteiger partial charge in [0.15, 0.2) is 17.3 Å². The Bertz CT molecular complexity index is 1790. The van der Waals surface area contributed by atoms with Gasteiger partial charge in [-0.05, 0) is 54.0 Å². The summed E-state index contributed by atoms with van der Waals surface area (Å²) in [7, 11) is 0. The quantitative estimate of drug-likeness (QED) is 0.253. The Morgan fingerprint density at radius 1 is 1.14 bits per heavy atom. The standard InChI is InChI=1S/C30H24F3N5O5/c1-16-8-27(43-24-5-3-2-4-21(24)31)35-14-23(16)38-29(34)20(13-36-38)28(39)19-9-17-11-22(37-6-7-41-30(37)40)25(12-18(17)10-19)42-15-26(32)33/h2-5,8,10-14,26H,6-7,9,15,34H2,1H3. The number of carbonyl (C=O) groups excluding carboxylic acids is 2. The Kier molecular flexibility index (Phi) is 7.22. The SMILES string of the molecule is Cc1cc(Oc2ccccc2F)ncc1-n1ncc(C(=O)C2=Cc3cc(OCC(F)F)c(N4CCOC4=O)cc3C2)c1N. The zero-order valence-electron chi connectivity index (χ0n) is 22.7. The number of ether oxygens (including phenoxy) is 3. The predicted octanol–water partition coefficient (Wildman–Crippen LogP) is 5.51. The summed E-state index contributed by atoms with van der Waals surface area (Å²) in [6.45, 7) is 1.31. The smallest absolute Gasteiger partial charge is 0.414 e. The summed E-state index contributed by atoms with van der Waals surface area (Å²) in [5, 5.41) is 4.30. The Morgan fingerprint density at radius 3 is 2.67 bits per heavy atom. The lowest BCUT2D eigenvalue weighted by Crippen LogP contribution is -2.24. The van der Waals surface area contributed by atoms with E-state index in [9.17, 15) is 22.8 Å². The number of amides is 1. The number of ketones is 1. The molecule has 220 valence electrons. The molecule has 0 bridgehead atoms. The van der Waals surface area contributed by atoms with Crippen LogP contribution in [0.3, 0.4) is 0 Å². The first-order valence-electron chi connectivity index (χ1n) is 13.2. The van der Waals surface area contributed by atoms with Gasteiger partial charge in [0.1, 0.15) is 24.8 Å². The van der Waals surface area contributed by atoms with Gasteiger partial charge in [0.2, 0.25) is 5.88 Å². The van der Waals surface area contributed by atoms with E-state index < -0.39 is 24.9 Å². The second-order valence-corrected chi connectivity index (χ2v) is 9.86. The maximum atomic E-state index is 14.0. The number of anilines is 2. The van der Waals surface area contributed by atoms with E-state index in [0.29, 0.717) is 33.6 Å². The third-order valence-corrected chi connectivity index (χ3v) is 7.03. The van der Waals surface area contributed by atoms with Crippen molar-refractivity contribution in [3.8, 4) is 23.1 Å². The number of hydrogen-bond donors (Lipinski definition) is 1. The highest BCUT2D eigenvalue weighted by molar-refractivity contribution is 6.15. The van der Waals surface area contributed by atoms with E-state index in [4.69, 9.17) is 19.9 Å². The molecule has 2 aromatic heterocycles. The van der Waals surface area contributed by atoms with Crippen LogP contribution in [0.4, 0.5) is 29.5 Å². The monoisotopic (exact) mass is 591 g/mol. The molecule has 3 heterocycles. The Labute approximate surface area is 243 Å². The van der Waals surface area contributed by atoms with Crippen molar-refractivity contribution in [2.45, 2.75) is 19.8 Å². The normalized spacial score (nSPS) is 14.1. The number of nitrogens with zero attached hydrogens (tertiary/aromatic N) is 4. The van der Waals surface area contributed by atoms with E-state index in [-0.39, 0.29) is 54.1 Å². The van der Waals surface area contributed by atoms with E-state index in [1.54, 1.807) is 37.3 Å². The number of fused-ring (bicyclic) bond motifs is 1. The Morgan fingerprint density at radius 2 is 1.95 bits per heavy atom. The number of pyridine rings is 1. The van der Waals surface area contributed by atoms with Gasteiger partial charge in [0, 0.05) is 18.1 Å². The average molecular weight is 592 g/mol. The summed E-state index contributed by atoms with van der Waals surface area (Å²) in [6, 6.07) is 10.7. The van der Waals surface area contributed by atoms with E-state index in [1.807, 2.05) is 0 Å². The number of halogens is 3. The molecule has 1 amide bonds. The van der Waals surface area contributed by atoms with Crippen LogP contribution in [-0.4, -0.2) is 52.8 Å². The van der Waals surface area contributed by atoms with Crippen LogP contribution < -0.4 is 20.1 Å². The second-order valence-electron chi connectivity index (χ2n) is 9.86. The number of carbonyl (C=O) groups is 2. The average Bonchev–Trinajstić information content (AvgIpc) is 3.70. The van der Waals surface area contributed by atoms with Gasteiger partial charge in [-0.25, -0.2) is 27.6 Å². The van der Waals surface area contributed by atoms with E-state index in [0.717, 1.165) is 0 Å². The molecule has 0 saturated carbocycles. The van der Waals surface area contributed by atoms with Crippen LogP contribution in [0, 0.1) is 12.7 Å².